The number of nitrogens with one attached hydrogen (secondary N) is 1. The number of anilines is 1. The second-order valence-corrected chi connectivity index (χ2v) is 5.37. The second kappa shape index (κ2) is 6.70. The van der Waals surface area contributed by atoms with Crippen molar-refractivity contribution in [3.05, 3.63) is 56.3 Å². The van der Waals surface area contributed by atoms with Gasteiger partial charge in [0.25, 0.3) is 5.56 Å². The Labute approximate surface area is 126 Å². The van der Waals surface area contributed by atoms with Crippen molar-refractivity contribution < 1.29 is 0 Å². The lowest BCUT2D eigenvalue weighted by Crippen LogP contribution is -2.25. The molecule has 100 valence electrons. The predicted molar refractivity (Wildman–Crippen MR) is 85.5 cm³/mol. The molecule has 2 aromatic rings. The Morgan fingerprint density at radius 1 is 1.32 bits per heavy atom. The van der Waals surface area contributed by atoms with Crippen LogP contribution >= 0.6 is 22.6 Å². The smallest absolute Gasteiger partial charge is 0.266 e. The lowest BCUT2D eigenvalue weighted by Gasteiger charge is -2.08. The Balaban J connectivity index is 1.87. The molecule has 0 aliphatic heterocycles. The van der Waals surface area contributed by atoms with E-state index < -0.39 is 0 Å². The molecule has 0 fully saturated rings. The Kier molecular flexibility index (Phi) is 4.95. The average molecular weight is 369 g/mol. The first-order valence-corrected chi connectivity index (χ1v) is 7.27. The largest absolute Gasteiger partial charge is 0.385 e. The van der Waals surface area contributed by atoms with Crippen molar-refractivity contribution in [2.75, 3.05) is 11.9 Å². The minimum Gasteiger partial charge on any atom is -0.385 e. The molecule has 0 aliphatic rings. The molecule has 0 radical (unpaired) electrons. The second-order valence-electron chi connectivity index (χ2n) is 4.29. The van der Waals surface area contributed by atoms with Crippen molar-refractivity contribution in [1.29, 1.82) is 0 Å². The van der Waals surface area contributed by atoms with Gasteiger partial charge in [-0.15, -0.1) is 0 Å². The molecule has 0 saturated carbocycles. The first-order valence-electron chi connectivity index (χ1n) is 6.19. The van der Waals surface area contributed by atoms with Gasteiger partial charge < -0.3 is 5.32 Å². The molecule has 0 aliphatic carbocycles. The van der Waals surface area contributed by atoms with Crippen molar-refractivity contribution in [2.45, 2.75) is 19.9 Å². The molecule has 2 rings (SSSR count). The number of aromatic nitrogens is 2. The van der Waals surface area contributed by atoms with Crippen LogP contribution in [0.4, 0.5) is 5.69 Å². The van der Waals surface area contributed by atoms with E-state index in [0.717, 1.165) is 24.3 Å². The number of rotatable bonds is 5. The lowest BCUT2D eigenvalue weighted by atomic mass is 10.3. The molecule has 0 bridgehead atoms. The minimum absolute atomic E-state index is 0.0489. The molecule has 1 aromatic heterocycles. The molecule has 0 atom stereocenters. The normalized spacial score (nSPS) is 10.4. The molecule has 0 unspecified atom stereocenters. The summed E-state index contributed by atoms with van der Waals surface area (Å²) in [5.74, 6) is 0. The maximum atomic E-state index is 11.9. The number of para-hydroxylation sites is 1. The highest BCUT2D eigenvalue weighted by atomic mass is 127. The number of benzene rings is 1. The summed E-state index contributed by atoms with van der Waals surface area (Å²) in [6.45, 7) is 3.37. The molecule has 5 heteroatoms. The zero-order chi connectivity index (χ0) is 13.7. The quantitative estimate of drug-likeness (QED) is 0.651. The third-order valence-electron chi connectivity index (χ3n) is 2.84. The number of aryl methyl sites for hydroxylation is 2. The van der Waals surface area contributed by atoms with E-state index in [1.165, 1.54) is 0 Å². The van der Waals surface area contributed by atoms with Gasteiger partial charge in [0, 0.05) is 18.8 Å². The van der Waals surface area contributed by atoms with Gasteiger partial charge in [-0.25, -0.2) is 4.98 Å². The topological polar surface area (TPSA) is 46.9 Å². The molecule has 19 heavy (non-hydrogen) atoms. The SMILES string of the molecule is Cc1ncn(CCCNc2ccccc2)c(=O)c1I. The monoisotopic (exact) mass is 369 g/mol. The summed E-state index contributed by atoms with van der Waals surface area (Å²) in [4.78, 5) is 16.2. The average Bonchev–Trinajstić information content (AvgIpc) is 2.44. The molecule has 0 amide bonds. The summed E-state index contributed by atoms with van der Waals surface area (Å²) in [5.41, 5.74) is 1.95. The summed E-state index contributed by atoms with van der Waals surface area (Å²) in [5, 5.41) is 3.32. The van der Waals surface area contributed by atoms with Crippen LogP contribution in [0.1, 0.15) is 12.1 Å². The predicted octanol–water partition coefficient (Wildman–Crippen LogP) is 2.66. The van der Waals surface area contributed by atoms with E-state index in [4.69, 9.17) is 0 Å². The van der Waals surface area contributed by atoms with Gasteiger partial charge >= 0.3 is 0 Å². The first kappa shape index (κ1) is 14.0. The molecule has 1 N–H and O–H groups in total. The van der Waals surface area contributed by atoms with E-state index in [2.05, 4.69) is 32.9 Å². The third kappa shape index (κ3) is 3.79. The summed E-state index contributed by atoms with van der Waals surface area (Å²) < 4.78 is 2.37. The van der Waals surface area contributed by atoms with Crippen molar-refractivity contribution in [3.8, 4) is 0 Å². The number of hydrogen-bond donors (Lipinski definition) is 1. The van der Waals surface area contributed by atoms with Gasteiger partial charge in [0.15, 0.2) is 0 Å². The van der Waals surface area contributed by atoms with Crippen LogP contribution in [0.5, 0.6) is 0 Å². The van der Waals surface area contributed by atoms with Crippen LogP contribution in [0.15, 0.2) is 41.5 Å². The van der Waals surface area contributed by atoms with Crippen molar-refractivity contribution in [2.24, 2.45) is 0 Å². The molecule has 1 heterocycles. The van der Waals surface area contributed by atoms with Crippen LogP contribution in [0.2, 0.25) is 0 Å². The van der Waals surface area contributed by atoms with Gasteiger partial charge in [-0.1, -0.05) is 18.2 Å². The van der Waals surface area contributed by atoms with Gasteiger partial charge in [0.05, 0.1) is 15.6 Å². The zero-order valence-electron chi connectivity index (χ0n) is 10.8. The number of halogens is 1. The van der Waals surface area contributed by atoms with Crippen LogP contribution in [0, 0.1) is 10.5 Å². The molecular formula is C14H16IN3O. The van der Waals surface area contributed by atoms with Crippen molar-refractivity contribution >= 4 is 28.3 Å². The summed E-state index contributed by atoms with van der Waals surface area (Å²) in [6.07, 6.45) is 2.51. The Morgan fingerprint density at radius 2 is 2.05 bits per heavy atom. The van der Waals surface area contributed by atoms with E-state index in [9.17, 15) is 4.79 Å². The standard InChI is InChI=1S/C14H16IN3O/c1-11-13(15)14(19)18(10-17-11)9-5-8-16-12-6-3-2-4-7-12/h2-4,6-7,10,16H,5,8-9H2,1H3. The van der Waals surface area contributed by atoms with Crippen LogP contribution in [0.3, 0.4) is 0 Å². The zero-order valence-corrected chi connectivity index (χ0v) is 12.9. The van der Waals surface area contributed by atoms with Crippen LogP contribution in [-0.4, -0.2) is 16.1 Å². The van der Waals surface area contributed by atoms with Crippen LogP contribution < -0.4 is 10.9 Å². The van der Waals surface area contributed by atoms with Gasteiger partial charge in [-0.3, -0.25) is 9.36 Å². The molecule has 4 nitrogen and oxygen atoms in total. The van der Waals surface area contributed by atoms with E-state index >= 15 is 0 Å². The van der Waals surface area contributed by atoms with Gasteiger partial charge in [-0.05, 0) is 48.1 Å². The van der Waals surface area contributed by atoms with Gasteiger partial charge in [-0.2, -0.15) is 0 Å². The Morgan fingerprint density at radius 3 is 2.79 bits per heavy atom. The minimum atomic E-state index is 0.0489. The van der Waals surface area contributed by atoms with E-state index in [1.807, 2.05) is 37.3 Å². The van der Waals surface area contributed by atoms with E-state index in [1.54, 1.807) is 10.9 Å². The molecular weight excluding hydrogens is 353 g/mol. The molecule has 0 saturated heterocycles. The third-order valence-corrected chi connectivity index (χ3v) is 4.08. The molecule has 0 spiro atoms. The lowest BCUT2D eigenvalue weighted by molar-refractivity contribution is 0.621. The molecule has 1 aromatic carbocycles. The van der Waals surface area contributed by atoms with Gasteiger partial charge in [0.1, 0.15) is 0 Å². The maximum Gasteiger partial charge on any atom is 0.266 e. The Bertz CT molecular complexity index is 595. The first-order chi connectivity index (χ1) is 9.18. The Hall–Kier alpha value is -1.37. The van der Waals surface area contributed by atoms with Crippen molar-refractivity contribution in [3.63, 3.8) is 0 Å². The highest BCUT2D eigenvalue weighted by Gasteiger charge is 2.04. The van der Waals surface area contributed by atoms with Gasteiger partial charge in [0.2, 0.25) is 0 Å². The number of nitrogens with zero attached hydrogens (tertiary/aromatic N) is 2. The number of hydrogen-bond acceptors (Lipinski definition) is 3. The summed E-state index contributed by atoms with van der Waals surface area (Å²) in [7, 11) is 0. The fourth-order valence-corrected chi connectivity index (χ4v) is 2.19. The fourth-order valence-electron chi connectivity index (χ4n) is 1.74. The highest BCUT2D eigenvalue weighted by Crippen LogP contribution is 2.05. The van der Waals surface area contributed by atoms with Crippen molar-refractivity contribution in [1.82, 2.24) is 9.55 Å². The maximum absolute atomic E-state index is 11.9. The highest BCUT2D eigenvalue weighted by molar-refractivity contribution is 14.1. The van der Waals surface area contributed by atoms with Crippen LogP contribution in [-0.2, 0) is 6.54 Å². The van der Waals surface area contributed by atoms with E-state index in [-0.39, 0.29) is 5.56 Å². The van der Waals surface area contributed by atoms with E-state index in [0.29, 0.717) is 10.1 Å². The fraction of sp³-hybridized carbons (Fsp3) is 0.286. The van der Waals surface area contributed by atoms with Crippen LogP contribution in [0.25, 0.3) is 0 Å². The summed E-state index contributed by atoms with van der Waals surface area (Å²) in [6, 6.07) is 10.0. The summed E-state index contributed by atoms with van der Waals surface area (Å²) >= 11 is 2.05.